The maximum absolute atomic E-state index is 12.8. The molecule has 2 aliphatic heterocycles. The van der Waals surface area contributed by atoms with Crippen molar-refractivity contribution in [1.82, 2.24) is 0 Å². The highest BCUT2D eigenvalue weighted by atomic mass is 32.2. The molecule has 26 heavy (non-hydrogen) atoms. The average Bonchev–Trinajstić information content (AvgIpc) is 3.20. The van der Waals surface area contributed by atoms with Gasteiger partial charge in [-0.1, -0.05) is 30.4 Å². The van der Waals surface area contributed by atoms with Crippen molar-refractivity contribution in [3.05, 3.63) is 42.5 Å². The number of aliphatic carboxylic acids is 1. The lowest BCUT2D eigenvalue weighted by Gasteiger charge is -2.27. The third-order valence-electron chi connectivity index (χ3n) is 5.44. The van der Waals surface area contributed by atoms with E-state index in [0.29, 0.717) is 11.3 Å². The molecule has 1 N–H and O–H groups in total. The Labute approximate surface area is 155 Å². The van der Waals surface area contributed by atoms with Crippen LogP contribution in [0.2, 0.25) is 0 Å². The summed E-state index contributed by atoms with van der Waals surface area (Å²) < 4.78 is 31.5. The van der Waals surface area contributed by atoms with Crippen molar-refractivity contribution in [3.8, 4) is 0 Å². The molecule has 2 bridgehead atoms. The first-order valence-corrected chi connectivity index (χ1v) is 10.9. The zero-order valence-corrected chi connectivity index (χ0v) is 15.6. The lowest BCUT2D eigenvalue weighted by atomic mass is 9.78. The number of carboxylic acids is 1. The van der Waals surface area contributed by atoms with E-state index in [2.05, 4.69) is 6.08 Å². The second-order valence-electron chi connectivity index (χ2n) is 7.21. The number of allylic oxidation sites excluding steroid dienone is 2. The van der Waals surface area contributed by atoms with Crippen LogP contribution in [-0.4, -0.2) is 37.5 Å². The maximum atomic E-state index is 12.8. The Hall–Kier alpha value is -1.66. The fraction of sp³-hybridized carbons (Fsp3) is 0.550. The summed E-state index contributed by atoms with van der Waals surface area (Å²) in [5, 5.41) is 8.65. The highest BCUT2D eigenvalue weighted by Crippen LogP contribution is 2.46. The number of ether oxygens (including phenoxy) is 1. The molecule has 0 unspecified atom stereocenters. The Kier molecular flexibility index (Phi) is 6.14. The van der Waals surface area contributed by atoms with Crippen LogP contribution in [0.3, 0.4) is 0 Å². The number of carboxylic acid groups (broad SMARTS) is 1. The summed E-state index contributed by atoms with van der Waals surface area (Å²) in [4.78, 5) is 10.9. The van der Waals surface area contributed by atoms with E-state index in [1.807, 2.05) is 12.1 Å². The normalized spacial score (nSPS) is 28.0. The van der Waals surface area contributed by atoms with Crippen LogP contribution in [0.1, 0.15) is 38.5 Å². The number of fused-ring (bicyclic) bond motifs is 2. The SMILES string of the molecule is O=C(O)CCC/C=C\C[C@@H]1[C@H](CS(=O)(=O)c2ccccc2)[C@@H]2CC[C@H]1O2. The Morgan fingerprint density at radius 2 is 1.81 bits per heavy atom. The summed E-state index contributed by atoms with van der Waals surface area (Å²) in [7, 11) is -3.32. The molecule has 2 heterocycles. The minimum atomic E-state index is -3.32. The fourth-order valence-electron chi connectivity index (χ4n) is 4.15. The van der Waals surface area contributed by atoms with E-state index in [1.165, 1.54) is 0 Å². The molecule has 2 saturated heterocycles. The molecule has 4 atom stereocenters. The fourth-order valence-corrected chi connectivity index (χ4v) is 5.88. The van der Waals surface area contributed by atoms with Crippen LogP contribution in [0.4, 0.5) is 0 Å². The third kappa shape index (κ3) is 4.54. The molecule has 0 radical (unpaired) electrons. The van der Waals surface area contributed by atoms with Crippen LogP contribution in [0.15, 0.2) is 47.4 Å². The van der Waals surface area contributed by atoms with Gasteiger partial charge < -0.3 is 9.84 Å². The van der Waals surface area contributed by atoms with Gasteiger partial charge in [0, 0.05) is 12.3 Å². The number of carbonyl (C=O) groups is 1. The molecule has 0 aliphatic carbocycles. The molecule has 2 aliphatic rings. The molecule has 0 saturated carbocycles. The number of rotatable bonds is 9. The van der Waals surface area contributed by atoms with E-state index in [-0.39, 0.29) is 36.2 Å². The van der Waals surface area contributed by atoms with Crippen molar-refractivity contribution < 1.29 is 23.1 Å². The quantitative estimate of drug-likeness (QED) is 0.526. The van der Waals surface area contributed by atoms with Crippen molar-refractivity contribution in [2.45, 2.75) is 55.6 Å². The topological polar surface area (TPSA) is 80.7 Å². The van der Waals surface area contributed by atoms with Gasteiger partial charge in [-0.15, -0.1) is 0 Å². The van der Waals surface area contributed by atoms with E-state index >= 15 is 0 Å². The summed E-state index contributed by atoms with van der Waals surface area (Å²) in [5.74, 6) is -0.382. The van der Waals surface area contributed by atoms with Crippen LogP contribution in [0.25, 0.3) is 0 Å². The van der Waals surface area contributed by atoms with E-state index in [4.69, 9.17) is 9.84 Å². The number of benzene rings is 1. The van der Waals surface area contributed by atoms with Gasteiger partial charge in [0.05, 0.1) is 22.9 Å². The largest absolute Gasteiger partial charge is 0.481 e. The molecule has 0 spiro atoms. The molecule has 1 aromatic carbocycles. The van der Waals surface area contributed by atoms with Gasteiger partial charge in [0.15, 0.2) is 9.84 Å². The predicted octanol–water partition coefficient (Wildman–Crippen LogP) is 3.46. The summed E-state index contributed by atoms with van der Waals surface area (Å²) in [6, 6.07) is 8.63. The van der Waals surface area contributed by atoms with E-state index in [0.717, 1.165) is 25.7 Å². The lowest BCUT2D eigenvalue weighted by Crippen LogP contribution is -2.32. The van der Waals surface area contributed by atoms with Gasteiger partial charge in [-0.2, -0.15) is 0 Å². The summed E-state index contributed by atoms with van der Waals surface area (Å²) in [5.41, 5.74) is 0. The van der Waals surface area contributed by atoms with Crippen LogP contribution in [0, 0.1) is 11.8 Å². The molecule has 0 amide bonds. The van der Waals surface area contributed by atoms with Gasteiger partial charge in [0.25, 0.3) is 0 Å². The Morgan fingerprint density at radius 3 is 2.50 bits per heavy atom. The number of unbranched alkanes of at least 4 members (excludes halogenated alkanes) is 1. The van der Waals surface area contributed by atoms with E-state index in [1.54, 1.807) is 24.3 Å². The Bertz CT molecular complexity index is 741. The van der Waals surface area contributed by atoms with Crippen molar-refractivity contribution in [2.24, 2.45) is 11.8 Å². The van der Waals surface area contributed by atoms with Gasteiger partial charge in [0.2, 0.25) is 0 Å². The van der Waals surface area contributed by atoms with Gasteiger partial charge in [0.1, 0.15) is 0 Å². The third-order valence-corrected chi connectivity index (χ3v) is 7.25. The first kappa shape index (κ1) is 19.1. The molecular weight excluding hydrogens is 352 g/mol. The molecule has 0 aromatic heterocycles. The number of sulfone groups is 1. The van der Waals surface area contributed by atoms with Gasteiger partial charge in [-0.3, -0.25) is 4.79 Å². The van der Waals surface area contributed by atoms with Crippen LogP contribution >= 0.6 is 0 Å². The zero-order chi connectivity index (χ0) is 18.6. The van der Waals surface area contributed by atoms with Crippen molar-refractivity contribution in [1.29, 1.82) is 0 Å². The van der Waals surface area contributed by atoms with Crippen molar-refractivity contribution in [3.63, 3.8) is 0 Å². The minimum Gasteiger partial charge on any atom is -0.481 e. The van der Waals surface area contributed by atoms with Gasteiger partial charge >= 0.3 is 5.97 Å². The molecule has 1 aromatic rings. The van der Waals surface area contributed by atoms with Crippen molar-refractivity contribution in [2.75, 3.05) is 5.75 Å². The first-order chi connectivity index (χ1) is 12.5. The van der Waals surface area contributed by atoms with Crippen LogP contribution in [0.5, 0.6) is 0 Å². The second-order valence-corrected chi connectivity index (χ2v) is 9.24. The van der Waals surface area contributed by atoms with Gasteiger partial charge in [-0.05, 0) is 50.2 Å². The first-order valence-electron chi connectivity index (χ1n) is 9.27. The van der Waals surface area contributed by atoms with E-state index < -0.39 is 15.8 Å². The molecule has 3 rings (SSSR count). The molecule has 2 fully saturated rings. The summed E-state index contributed by atoms with van der Waals surface area (Å²) in [6.45, 7) is 0. The smallest absolute Gasteiger partial charge is 0.303 e. The molecule has 6 heteroatoms. The number of hydrogen-bond acceptors (Lipinski definition) is 4. The highest BCUT2D eigenvalue weighted by Gasteiger charge is 2.49. The van der Waals surface area contributed by atoms with Crippen LogP contribution in [-0.2, 0) is 19.4 Å². The molecule has 142 valence electrons. The van der Waals surface area contributed by atoms with Crippen LogP contribution < -0.4 is 0 Å². The Morgan fingerprint density at radius 1 is 1.12 bits per heavy atom. The standard InChI is InChI=1S/C20H26O5S/c21-20(22)11-7-2-1-6-10-16-17(19-13-12-18(16)25-19)14-26(23,24)15-8-4-3-5-9-15/h1,3-6,8-9,16-19H,2,7,10-14H2,(H,21,22)/b6-1-/t16-,17+,18-,19+/m1/s1. The Balaban J connectivity index is 1.60. The predicted molar refractivity (Wildman–Crippen MR) is 98.6 cm³/mol. The van der Waals surface area contributed by atoms with Crippen molar-refractivity contribution >= 4 is 15.8 Å². The lowest BCUT2D eigenvalue weighted by molar-refractivity contribution is -0.137. The second kappa shape index (κ2) is 8.35. The molecular formula is C20H26O5S. The van der Waals surface area contributed by atoms with Gasteiger partial charge in [-0.25, -0.2) is 8.42 Å². The number of hydrogen-bond donors (Lipinski definition) is 1. The monoisotopic (exact) mass is 378 g/mol. The summed E-state index contributed by atoms with van der Waals surface area (Å²) >= 11 is 0. The summed E-state index contributed by atoms with van der Waals surface area (Å²) in [6.07, 6.45) is 8.57. The average molecular weight is 378 g/mol. The van der Waals surface area contributed by atoms with E-state index in [9.17, 15) is 13.2 Å². The molecule has 5 nitrogen and oxygen atoms in total. The zero-order valence-electron chi connectivity index (χ0n) is 14.8. The highest BCUT2D eigenvalue weighted by molar-refractivity contribution is 7.91. The maximum Gasteiger partial charge on any atom is 0.303 e. The minimum absolute atomic E-state index is 0.0302.